The molecule has 6 nitrogen and oxygen atoms in total. The summed E-state index contributed by atoms with van der Waals surface area (Å²) in [6, 6.07) is 9.22. The Balaban J connectivity index is 1.72. The lowest BCUT2D eigenvalue weighted by atomic mass is 10.1. The van der Waals surface area contributed by atoms with E-state index in [4.69, 9.17) is 16.3 Å². The lowest BCUT2D eigenvalue weighted by Crippen LogP contribution is -2.45. The fourth-order valence-corrected chi connectivity index (χ4v) is 3.08. The molecule has 0 spiro atoms. The number of aryl methyl sites for hydroxylation is 2. The van der Waals surface area contributed by atoms with E-state index in [9.17, 15) is 9.59 Å². The first-order chi connectivity index (χ1) is 11.9. The molecule has 1 amide bonds. The summed E-state index contributed by atoms with van der Waals surface area (Å²) in [5.41, 5.74) is 1.97. The van der Waals surface area contributed by atoms with Crippen LogP contribution in [0.1, 0.15) is 23.1 Å². The van der Waals surface area contributed by atoms with E-state index >= 15 is 0 Å². The van der Waals surface area contributed by atoms with Gasteiger partial charge in [0, 0.05) is 23.0 Å². The van der Waals surface area contributed by atoms with Crippen molar-refractivity contribution in [2.75, 3.05) is 19.7 Å². The minimum atomic E-state index is -0.395. The van der Waals surface area contributed by atoms with Crippen LogP contribution in [0.3, 0.4) is 0 Å². The highest BCUT2D eigenvalue weighted by Crippen LogP contribution is 2.23. The Morgan fingerprint density at radius 1 is 1.32 bits per heavy atom. The van der Waals surface area contributed by atoms with Crippen molar-refractivity contribution in [1.82, 2.24) is 14.5 Å². The summed E-state index contributed by atoms with van der Waals surface area (Å²) in [6.45, 7) is 4.98. The predicted molar refractivity (Wildman–Crippen MR) is 94.7 cm³/mol. The van der Waals surface area contributed by atoms with E-state index in [0.717, 1.165) is 11.3 Å². The van der Waals surface area contributed by atoms with Gasteiger partial charge in [0.1, 0.15) is 12.6 Å². The number of carbonyl (C=O) groups excluding carboxylic acids is 1. The SMILES string of the molecule is Cc1cc(C)n(CC(=O)N2CCO[C@H](c3ccc(Cl)cc3)C2)c(=O)n1. The summed E-state index contributed by atoms with van der Waals surface area (Å²) < 4.78 is 7.18. The van der Waals surface area contributed by atoms with Crippen molar-refractivity contribution < 1.29 is 9.53 Å². The molecule has 0 radical (unpaired) electrons. The van der Waals surface area contributed by atoms with Gasteiger partial charge in [-0.2, -0.15) is 4.98 Å². The third-order valence-electron chi connectivity index (χ3n) is 4.30. The standard InChI is InChI=1S/C18H20ClN3O3/c1-12-9-13(2)22(18(24)20-12)11-17(23)21-7-8-25-16(10-21)14-3-5-15(19)6-4-14/h3-6,9,16H,7-8,10-11H2,1-2H3/t16-/m0/s1. The number of amides is 1. The van der Waals surface area contributed by atoms with Gasteiger partial charge in [0.05, 0.1) is 13.2 Å². The van der Waals surface area contributed by atoms with Gasteiger partial charge in [-0.3, -0.25) is 9.36 Å². The van der Waals surface area contributed by atoms with Crippen molar-refractivity contribution in [3.8, 4) is 0 Å². The summed E-state index contributed by atoms with van der Waals surface area (Å²) in [6.07, 6.45) is -0.191. The molecule has 2 aromatic rings. The molecule has 1 aromatic heterocycles. The first-order valence-corrected chi connectivity index (χ1v) is 8.52. The van der Waals surface area contributed by atoms with E-state index in [0.29, 0.717) is 30.4 Å². The van der Waals surface area contributed by atoms with E-state index in [1.165, 1.54) is 4.57 Å². The van der Waals surface area contributed by atoms with Crippen molar-refractivity contribution >= 4 is 17.5 Å². The third kappa shape index (κ3) is 4.08. The first kappa shape index (κ1) is 17.6. The molecule has 0 N–H and O–H groups in total. The van der Waals surface area contributed by atoms with Crippen molar-refractivity contribution in [3.63, 3.8) is 0 Å². The second kappa shape index (κ2) is 7.37. The zero-order chi connectivity index (χ0) is 18.0. The van der Waals surface area contributed by atoms with Gasteiger partial charge in [0.15, 0.2) is 0 Å². The molecule has 1 aromatic carbocycles. The summed E-state index contributed by atoms with van der Waals surface area (Å²) >= 11 is 5.92. The van der Waals surface area contributed by atoms with E-state index in [2.05, 4.69) is 4.98 Å². The molecule has 1 saturated heterocycles. The fourth-order valence-electron chi connectivity index (χ4n) is 2.96. The number of hydrogen-bond donors (Lipinski definition) is 0. The molecular weight excluding hydrogens is 342 g/mol. The lowest BCUT2D eigenvalue weighted by Gasteiger charge is -2.33. The van der Waals surface area contributed by atoms with Gasteiger partial charge in [0.25, 0.3) is 0 Å². The Morgan fingerprint density at radius 2 is 2.04 bits per heavy atom. The number of halogens is 1. The van der Waals surface area contributed by atoms with Crippen molar-refractivity contribution in [3.05, 3.63) is 62.8 Å². The highest BCUT2D eigenvalue weighted by atomic mass is 35.5. The number of nitrogens with zero attached hydrogens (tertiary/aromatic N) is 3. The number of carbonyl (C=O) groups is 1. The average molecular weight is 362 g/mol. The maximum Gasteiger partial charge on any atom is 0.348 e. The smallest absolute Gasteiger partial charge is 0.348 e. The Bertz CT molecular complexity index is 832. The molecule has 3 rings (SSSR count). The van der Waals surface area contributed by atoms with Gasteiger partial charge >= 0.3 is 5.69 Å². The molecule has 7 heteroatoms. The number of rotatable bonds is 3. The molecular formula is C18H20ClN3O3. The Labute approximate surface area is 151 Å². The number of benzene rings is 1. The molecule has 0 bridgehead atoms. The van der Waals surface area contributed by atoms with Crippen LogP contribution < -0.4 is 5.69 Å². The van der Waals surface area contributed by atoms with E-state index in [-0.39, 0.29) is 18.6 Å². The zero-order valence-electron chi connectivity index (χ0n) is 14.2. The Kier molecular flexibility index (Phi) is 5.20. The topological polar surface area (TPSA) is 64.4 Å². The van der Waals surface area contributed by atoms with Gasteiger partial charge in [-0.25, -0.2) is 4.79 Å². The van der Waals surface area contributed by atoms with Crippen LogP contribution in [0.2, 0.25) is 5.02 Å². The molecule has 0 saturated carbocycles. The Morgan fingerprint density at radius 3 is 2.72 bits per heavy atom. The summed E-state index contributed by atoms with van der Waals surface area (Å²) in [7, 11) is 0. The van der Waals surface area contributed by atoms with Crippen LogP contribution in [0, 0.1) is 13.8 Å². The normalized spacial score (nSPS) is 17.6. The van der Waals surface area contributed by atoms with Crippen LogP contribution in [-0.2, 0) is 16.1 Å². The van der Waals surface area contributed by atoms with E-state index in [1.54, 1.807) is 24.8 Å². The van der Waals surface area contributed by atoms with E-state index in [1.807, 2.05) is 24.3 Å². The molecule has 25 heavy (non-hydrogen) atoms. The molecule has 1 fully saturated rings. The maximum absolute atomic E-state index is 12.6. The van der Waals surface area contributed by atoms with Gasteiger partial charge in [-0.15, -0.1) is 0 Å². The van der Waals surface area contributed by atoms with Crippen molar-refractivity contribution in [2.24, 2.45) is 0 Å². The summed E-state index contributed by atoms with van der Waals surface area (Å²) in [5, 5.41) is 0.661. The van der Waals surface area contributed by atoms with Gasteiger partial charge < -0.3 is 9.64 Å². The third-order valence-corrected chi connectivity index (χ3v) is 4.55. The van der Waals surface area contributed by atoms with Crippen molar-refractivity contribution in [2.45, 2.75) is 26.5 Å². The van der Waals surface area contributed by atoms with Crippen LogP contribution in [0.5, 0.6) is 0 Å². The quantitative estimate of drug-likeness (QED) is 0.840. The summed E-state index contributed by atoms with van der Waals surface area (Å²) in [4.78, 5) is 30.3. The van der Waals surface area contributed by atoms with Crippen LogP contribution in [0.25, 0.3) is 0 Å². The largest absolute Gasteiger partial charge is 0.370 e. The molecule has 2 heterocycles. The highest BCUT2D eigenvalue weighted by molar-refractivity contribution is 6.30. The number of aromatic nitrogens is 2. The maximum atomic E-state index is 12.6. The minimum absolute atomic E-state index is 0.00865. The zero-order valence-corrected chi connectivity index (χ0v) is 15.0. The molecule has 0 aliphatic carbocycles. The van der Waals surface area contributed by atoms with Gasteiger partial charge in [0.2, 0.25) is 5.91 Å². The lowest BCUT2D eigenvalue weighted by molar-refractivity contribution is -0.139. The first-order valence-electron chi connectivity index (χ1n) is 8.14. The van der Waals surface area contributed by atoms with Crippen LogP contribution in [-0.4, -0.2) is 40.1 Å². The minimum Gasteiger partial charge on any atom is -0.370 e. The molecule has 1 aliphatic rings. The van der Waals surface area contributed by atoms with Crippen LogP contribution in [0.4, 0.5) is 0 Å². The van der Waals surface area contributed by atoms with Crippen LogP contribution >= 0.6 is 11.6 Å². The molecule has 132 valence electrons. The molecule has 1 atom stereocenters. The number of hydrogen-bond acceptors (Lipinski definition) is 4. The van der Waals surface area contributed by atoms with Gasteiger partial charge in [-0.1, -0.05) is 23.7 Å². The highest BCUT2D eigenvalue weighted by Gasteiger charge is 2.26. The predicted octanol–water partition coefficient (Wildman–Crippen LogP) is 2.11. The van der Waals surface area contributed by atoms with Crippen LogP contribution in [0.15, 0.2) is 35.1 Å². The monoisotopic (exact) mass is 361 g/mol. The number of morpholine rings is 1. The second-order valence-electron chi connectivity index (χ2n) is 6.16. The second-order valence-corrected chi connectivity index (χ2v) is 6.59. The fraction of sp³-hybridized carbons (Fsp3) is 0.389. The van der Waals surface area contributed by atoms with Gasteiger partial charge in [-0.05, 0) is 37.6 Å². The van der Waals surface area contributed by atoms with Crippen molar-refractivity contribution in [1.29, 1.82) is 0 Å². The number of ether oxygens (including phenoxy) is 1. The summed E-state index contributed by atoms with van der Waals surface area (Å²) in [5.74, 6) is -0.113. The average Bonchev–Trinajstić information content (AvgIpc) is 2.58. The Hall–Kier alpha value is -2.18. The molecule has 0 unspecified atom stereocenters. The molecule has 1 aliphatic heterocycles. The van der Waals surface area contributed by atoms with E-state index < -0.39 is 5.69 Å².